The molecule has 3 aliphatic rings. The molecule has 280 valence electrons. The number of fused-ring (bicyclic) bond motifs is 2. The number of rotatable bonds is 13. The van der Waals surface area contributed by atoms with Crippen LogP contribution >= 0.6 is 11.6 Å². The maximum atomic E-state index is 14.3. The second kappa shape index (κ2) is 16.6. The van der Waals surface area contributed by atoms with Crippen molar-refractivity contribution in [2.75, 3.05) is 40.3 Å². The van der Waals surface area contributed by atoms with E-state index in [1.54, 1.807) is 48.2 Å². The van der Waals surface area contributed by atoms with Crippen LogP contribution in [-0.4, -0.2) is 90.9 Å². The van der Waals surface area contributed by atoms with Gasteiger partial charge in [0.2, 0.25) is 17.7 Å². The summed E-state index contributed by atoms with van der Waals surface area (Å²) < 4.78 is 11.4. The number of benzene rings is 2. The van der Waals surface area contributed by atoms with Crippen LogP contribution in [0.5, 0.6) is 11.5 Å². The Labute approximate surface area is 311 Å². The van der Waals surface area contributed by atoms with Gasteiger partial charge in [-0.1, -0.05) is 56.2 Å². The van der Waals surface area contributed by atoms with Crippen LogP contribution in [0.15, 0.2) is 42.6 Å². The number of halogens is 1. The first-order valence-corrected chi connectivity index (χ1v) is 19.1. The molecular formula is C40H52ClN5O6. The molecule has 0 bridgehead atoms. The van der Waals surface area contributed by atoms with Crippen molar-refractivity contribution in [3.8, 4) is 11.5 Å². The van der Waals surface area contributed by atoms with E-state index in [0.29, 0.717) is 54.1 Å². The van der Waals surface area contributed by atoms with Gasteiger partial charge in [-0.05, 0) is 73.9 Å². The molecule has 4 atom stereocenters. The number of aromatic amines is 1. The summed E-state index contributed by atoms with van der Waals surface area (Å²) in [6.45, 7) is 5.25. The number of piperidine rings is 1. The van der Waals surface area contributed by atoms with Crippen LogP contribution in [0.1, 0.15) is 74.7 Å². The van der Waals surface area contributed by atoms with E-state index in [-0.39, 0.29) is 54.5 Å². The number of nitrogens with zero attached hydrogens (tertiary/aromatic N) is 2. The van der Waals surface area contributed by atoms with Crippen LogP contribution < -0.4 is 20.1 Å². The number of likely N-dealkylation sites (N-methyl/N-ethyl adjacent to an activating group) is 1. The average molecular weight is 734 g/mol. The third-order valence-electron chi connectivity index (χ3n) is 11.2. The maximum Gasteiger partial charge on any atom is 0.254 e. The Morgan fingerprint density at radius 1 is 0.981 bits per heavy atom. The molecule has 0 spiro atoms. The zero-order valence-corrected chi connectivity index (χ0v) is 31.5. The largest absolute Gasteiger partial charge is 0.493 e. The van der Waals surface area contributed by atoms with Crippen LogP contribution in [0.4, 0.5) is 0 Å². The van der Waals surface area contributed by atoms with Crippen molar-refractivity contribution in [1.82, 2.24) is 25.4 Å². The number of hydrogen-bond acceptors (Lipinski definition) is 6. The molecule has 1 aromatic heterocycles. The molecule has 52 heavy (non-hydrogen) atoms. The molecule has 12 heteroatoms. The Morgan fingerprint density at radius 2 is 1.75 bits per heavy atom. The van der Waals surface area contributed by atoms with Crippen molar-refractivity contribution in [2.24, 2.45) is 23.7 Å². The number of carbonyl (C=O) groups is 4. The van der Waals surface area contributed by atoms with Gasteiger partial charge < -0.3 is 34.9 Å². The first-order valence-electron chi connectivity index (χ1n) is 18.7. The summed E-state index contributed by atoms with van der Waals surface area (Å²) in [6.07, 6.45) is 9.37. The van der Waals surface area contributed by atoms with Crippen LogP contribution in [0, 0.1) is 23.7 Å². The van der Waals surface area contributed by atoms with E-state index in [1.807, 2.05) is 32.2 Å². The van der Waals surface area contributed by atoms with Gasteiger partial charge in [-0.3, -0.25) is 19.2 Å². The highest BCUT2D eigenvalue weighted by Crippen LogP contribution is 2.38. The second-order valence-corrected chi connectivity index (χ2v) is 15.4. The van der Waals surface area contributed by atoms with E-state index in [4.69, 9.17) is 21.1 Å². The Hall–Kier alpha value is -4.25. The minimum atomic E-state index is -0.667. The summed E-state index contributed by atoms with van der Waals surface area (Å²) in [6, 6.07) is 10.0. The van der Waals surface area contributed by atoms with Crippen LogP contribution in [-0.2, 0) is 20.8 Å². The topological polar surface area (TPSA) is 133 Å². The van der Waals surface area contributed by atoms with Gasteiger partial charge in [0.1, 0.15) is 6.04 Å². The number of ether oxygens (including phenoxy) is 2. The number of likely N-dealkylation sites (tertiary alicyclic amines) is 2. The molecule has 3 aromatic rings. The van der Waals surface area contributed by atoms with Crippen molar-refractivity contribution in [3.63, 3.8) is 0 Å². The standard InChI is InChI=1S/C40H52ClN5O6/c1-24(2)52-35-15-12-26(16-36(35)51-4)40(50)46-21-28-20-45(37(47)17-27-19-43-34-18-29(41)13-14-30(27)34)23-32(31(28)22-46)38(48)44-33(39(49)42-3)11-7-10-25-8-5-6-9-25/h12-16,18-19,24-25,28,31-33,43H,5-11,17,20-23H2,1-4H3,(H,42,49)(H,44,48)/t28?,31?,32?,33-/m0/s1. The Bertz CT molecular complexity index is 1770. The predicted octanol–water partition coefficient (Wildman–Crippen LogP) is 5.60. The van der Waals surface area contributed by atoms with E-state index in [2.05, 4.69) is 15.6 Å². The second-order valence-electron chi connectivity index (χ2n) is 15.0. The number of carbonyl (C=O) groups excluding carboxylic acids is 4. The number of aromatic nitrogens is 1. The fourth-order valence-corrected chi connectivity index (χ4v) is 8.64. The molecule has 1 aliphatic carbocycles. The lowest BCUT2D eigenvalue weighted by Gasteiger charge is -2.40. The van der Waals surface area contributed by atoms with Gasteiger partial charge in [0.05, 0.1) is 25.6 Å². The first kappa shape index (κ1) is 37.5. The number of methoxy groups -OCH3 is 1. The van der Waals surface area contributed by atoms with Crippen molar-refractivity contribution in [2.45, 2.75) is 77.4 Å². The minimum Gasteiger partial charge on any atom is -0.493 e. The molecule has 6 rings (SSSR count). The SMILES string of the molecule is CNC(=O)[C@H](CCCC1CCCC1)NC(=O)C1CN(C(=O)Cc2c[nH]c3cc(Cl)ccc23)CC2CN(C(=O)c3ccc(OC(C)C)c(OC)c3)CC21. The average Bonchev–Trinajstić information content (AvgIpc) is 3.90. The molecule has 3 heterocycles. The predicted molar refractivity (Wildman–Crippen MR) is 201 cm³/mol. The van der Waals surface area contributed by atoms with Gasteiger partial charge in [-0.25, -0.2) is 0 Å². The molecular weight excluding hydrogens is 682 g/mol. The number of nitrogens with one attached hydrogen (secondary N) is 3. The zero-order valence-electron chi connectivity index (χ0n) is 30.7. The van der Waals surface area contributed by atoms with Gasteiger partial charge in [-0.15, -0.1) is 0 Å². The van der Waals surface area contributed by atoms with Gasteiger partial charge in [0.15, 0.2) is 11.5 Å². The summed E-state index contributed by atoms with van der Waals surface area (Å²) in [5.74, 6) is 0.0742. The smallest absolute Gasteiger partial charge is 0.254 e. The molecule has 11 nitrogen and oxygen atoms in total. The van der Waals surface area contributed by atoms with Gasteiger partial charge in [-0.2, -0.15) is 0 Å². The van der Waals surface area contributed by atoms with Crippen LogP contribution in [0.3, 0.4) is 0 Å². The fourth-order valence-electron chi connectivity index (χ4n) is 8.47. The van der Waals surface area contributed by atoms with E-state index >= 15 is 0 Å². The maximum absolute atomic E-state index is 14.3. The summed E-state index contributed by atoms with van der Waals surface area (Å²) in [4.78, 5) is 62.0. The third kappa shape index (κ3) is 8.51. The molecule has 2 saturated heterocycles. The van der Waals surface area contributed by atoms with Crippen molar-refractivity contribution in [1.29, 1.82) is 0 Å². The van der Waals surface area contributed by atoms with Crippen molar-refractivity contribution < 1.29 is 28.7 Å². The van der Waals surface area contributed by atoms with Crippen LogP contribution in [0.2, 0.25) is 5.02 Å². The fraction of sp³-hybridized carbons (Fsp3) is 0.550. The van der Waals surface area contributed by atoms with Crippen molar-refractivity contribution >= 4 is 46.1 Å². The molecule has 1 saturated carbocycles. The molecule has 0 radical (unpaired) electrons. The number of amides is 4. The zero-order chi connectivity index (χ0) is 36.9. The van der Waals surface area contributed by atoms with E-state index in [9.17, 15) is 19.2 Å². The molecule has 2 aliphatic heterocycles. The van der Waals surface area contributed by atoms with Gasteiger partial charge in [0.25, 0.3) is 5.91 Å². The van der Waals surface area contributed by atoms with Crippen molar-refractivity contribution in [3.05, 3.63) is 58.7 Å². The van der Waals surface area contributed by atoms with Gasteiger partial charge in [0, 0.05) is 60.9 Å². The Morgan fingerprint density at radius 3 is 2.48 bits per heavy atom. The molecule has 4 amide bonds. The lowest BCUT2D eigenvalue weighted by atomic mass is 9.79. The number of H-pyrrole nitrogens is 1. The normalized spacial score (nSPS) is 20.9. The molecule has 3 N–H and O–H groups in total. The lowest BCUT2D eigenvalue weighted by molar-refractivity contribution is -0.140. The van der Waals surface area contributed by atoms with Gasteiger partial charge >= 0.3 is 0 Å². The Balaban J connectivity index is 1.21. The minimum absolute atomic E-state index is 0.0596. The molecule has 3 fully saturated rings. The van der Waals surface area contributed by atoms with Crippen LogP contribution in [0.25, 0.3) is 10.9 Å². The Kier molecular flexibility index (Phi) is 12.0. The highest BCUT2D eigenvalue weighted by atomic mass is 35.5. The number of hydrogen-bond donors (Lipinski definition) is 3. The lowest BCUT2D eigenvalue weighted by Crippen LogP contribution is -2.56. The molecule has 2 aromatic carbocycles. The summed E-state index contributed by atoms with van der Waals surface area (Å²) in [5.41, 5.74) is 2.16. The molecule has 3 unspecified atom stereocenters. The quantitative estimate of drug-likeness (QED) is 0.210. The summed E-state index contributed by atoms with van der Waals surface area (Å²) >= 11 is 6.19. The highest BCUT2D eigenvalue weighted by molar-refractivity contribution is 6.31. The summed E-state index contributed by atoms with van der Waals surface area (Å²) in [5, 5.41) is 7.34. The monoisotopic (exact) mass is 733 g/mol. The van der Waals surface area contributed by atoms with E-state index in [0.717, 1.165) is 29.3 Å². The first-order chi connectivity index (χ1) is 25.0. The van der Waals surface area contributed by atoms with E-state index < -0.39 is 12.0 Å². The summed E-state index contributed by atoms with van der Waals surface area (Å²) in [7, 11) is 3.13. The van der Waals surface area contributed by atoms with E-state index in [1.165, 1.54) is 25.7 Å². The third-order valence-corrected chi connectivity index (χ3v) is 11.4. The highest BCUT2D eigenvalue weighted by Gasteiger charge is 2.48.